The molecule has 0 saturated heterocycles. The summed E-state index contributed by atoms with van der Waals surface area (Å²) in [5, 5.41) is 2.99. The van der Waals surface area contributed by atoms with Crippen LogP contribution in [0.1, 0.15) is 31.4 Å². The van der Waals surface area contributed by atoms with Crippen molar-refractivity contribution in [3.63, 3.8) is 0 Å². The van der Waals surface area contributed by atoms with E-state index in [0.717, 1.165) is 17.5 Å². The quantitative estimate of drug-likeness (QED) is 0.809. The van der Waals surface area contributed by atoms with Crippen molar-refractivity contribution in [2.45, 2.75) is 33.6 Å². The van der Waals surface area contributed by atoms with Gasteiger partial charge in [0.1, 0.15) is 0 Å². The van der Waals surface area contributed by atoms with Gasteiger partial charge in [0.25, 0.3) is 0 Å². The molecule has 18 heavy (non-hydrogen) atoms. The molecule has 3 N–H and O–H groups in total. The third kappa shape index (κ3) is 4.88. The molecule has 0 aliphatic rings. The molecular formula is C15H24N2O. The lowest BCUT2D eigenvalue weighted by Crippen LogP contribution is -2.36. The largest absolute Gasteiger partial charge is 0.355 e. The van der Waals surface area contributed by atoms with Gasteiger partial charge in [0.2, 0.25) is 5.91 Å². The van der Waals surface area contributed by atoms with E-state index in [1.165, 1.54) is 0 Å². The number of amides is 1. The maximum atomic E-state index is 11.9. The molecule has 0 bridgehead atoms. The van der Waals surface area contributed by atoms with E-state index in [1.54, 1.807) is 0 Å². The molecule has 0 aliphatic carbocycles. The molecule has 0 radical (unpaired) electrons. The number of nitrogens with two attached hydrogens (primary N) is 1. The Morgan fingerprint density at radius 3 is 2.61 bits per heavy atom. The van der Waals surface area contributed by atoms with Gasteiger partial charge in [0, 0.05) is 6.54 Å². The summed E-state index contributed by atoms with van der Waals surface area (Å²) in [6.07, 6.45) is 1.36. The number of carbonyl (C=O) groups is 1. The molecule has 1 rings (SSSR count). The minimum Gasteiger partial charge on any atom is -0.355 e. The summed E-state index contributed by atoms with van der Waals surface area (Å²) in [5.74, 6) is 0.0781. The summed E-state index contributed by atoms with van der Waals surface area (Å²) in [4.78, 5) is 11.9. The van der Waals surface area contributed by atoms with Gasteiger partial charge >= 0.3 is 0 Å². The Bertz CT molecular complexity index is 399. The fourth-order valence-electron chi connectivity index (χ4n) is 1.86. The van der Waals surface area contributed by atoms with E-state index in [4.69, 9.17) is 5.73 Å². The molecular weight excluding hydrogens is 224 g/mol. The summed E-state index contributed by atoms with van der Waals surface area (Å²) < 4.78 is 0. The highest BCUT2D eigenvalue weighted by Crippen LogP contribution is 2.17. The first-order valence-corrected chi connectivity index (χ1v) is 6.46. The lowest BCUT2D eigenvalue weighted by atomic mass is 9.89. The van der Waals surface area contributed by atoms with Crippen LogP contribution in [0.25, 0.3) is 0 Å². The van der Waals surface area contributed by atoms with Crippen molar-refractivity contribution >= 4 is 5.91 Å². The van der Waals surface area contributed by atoms with Gasteiger partial charge in [-0.05, 0) is 36.4 Å². The van der Waals surface area contributed by atoms with Crippen LogP contribution in [0.2, 0.25) is 0 Å². The van der Waals surface area contributed by atoms with Gasteiger partial charge in [-0.15, -0.1) is 0 Å². The fraction of sp³-hybridized carbons (Fsp3) is 0.533. The molecule has 3 heteroatoms. The van der Waals surface area contributed by atoms with Crippen molar-refractivity contribution in [2.24, 2.45) is 11.1 Å². The van der Waals surface area contributed by atoms with E-state index in [-0.39, 0.29) is 11.3 Å². The number of hydrogen-bond donors (Lipinski definition) is 2. The second-order valence-electron chi connectivity index (χ2n) is 5.58. The maximum Gasteiger partial charge on any atom is 0.224 e. The van der Waals surface area contributed by atoms with Crippen LogP contribution in [0.15, 0.2) is 24.3 Å². The first-order valence-electron chi connectivity index (χ1n) is 6.46. The number of nitrogens with one attached hydrogen (secondary N) is 1. The van der Waals surface area contributed by atoms with Crippen molar-refractivity contribution in [2.75, 3.05) is 13.1 Å². The van der Waals surface area contributed by atoms with Crippen molar-refractivity contribution in [1.29, 1.82) is 0 Å². The first-order chi connectivity index (χ1) is 8.44. The van der Waals surface area contributed by atoms with Crippen LogP contribution < -0.4 is 11.1 Å². The Balaban J connectivity index is 2.46. The number of benzene rings is 1. The molecule has 100 valence electrons. The molecule has 0 atom stereocenters. The monoisotopic (exact) mass is 248 g/mol. The van der Waals surface area contributed by atoms with Gasteiger partial charge in [-0.3, -0.25) is 4.79 Å². The van der Waals surface area contributed by atoms with E-state index >= 15 is 0 Å². The molecule has 0 saturated carbocycles. The topological polar surface area (TPSA) is 55.1 Å². The number of hydrogen-bond acceptors (Lipinski definition) is 2. The lowest BCUT2D eigenvalue weighted by molar-refractivity contribution is -0.120. The minimum atomic E-state index is 0.0656. The summed E-state index contributed by atoms with van der Waals surface area (Å²) in [6, 6.07) is 7.98. The van der Waals surface area contributed by atoms with Gasteiger partial charge in [0.15, 0.2) is 0 Å². The predicted molar refractivity (Wildman–Crippen MR) is 75.3 cm³/mol. The summed E-state index contributed by atoms with van der Waals surface area (Å²) in [7, 11) is 0. The van der Waals surface area contributed by atoms with E-state index < -0.39 is 0 Å². The Kier molecular flexibility index (Phi) is 5.35. The van der Waals surface area contributed by atoms with E-state index in [0.29, 0.717) is 19.5 Å². The van der Waals surface area contributed by atoms with Crippen molar-refractivity contribution in [3.8, 4) is 0 Å². The second kappa shape index (κ2) is 6.55. The van der Waals surface area contributed by atoms with Gasteiger partial charge < -0.3 is 11.1 Å². The summed E-state index contributed by atoms with van der Waals surface area (Å²) in [5.41, 5.74) is 7.87. The van der Waals surface area contributed by atoms with Crippen LogP contribution in [-0.4, -0.2) is 19.0 Å². The number of rotatable bonds is 6. The lowest BCUT2D eigenvalue weighted by Gasteiger charge is -2.24. The van der Waals surface area contributed by atoms with Crippen molar-refractivity contribution in [3.05, 3.63) is 35.4 Å². The molecule has 1 aromatic carbocycles. The highest BCUT2D eigenvalue weighted by Gasteiger charge is 2.17. The highest BCUT2D eigenvalue weighted by atomic mass is 16.1. The highest BCUT2D eigenvalue weighted by molar-refractivity contribution is 5.78. The maximum absolute atomic E-state index is 11.9. The Labute approximate surface area is 110 Å². The Morgan fingerprint density at radius 1 is 1.33 bits per heavy atom. The smallest absolute Gasteiger partial charge is 0.224 e. The SMILES string of the molecule is Cc1ccccc1CC(=O)NCC(C)(C)CCN. The van der Waals surface area contributed by atoms with Crippen LogP contribution in [0, 0.1) is 12.3 Å². The van der Waals surface area contributed by atoms with Gasteiger partial charge in [-0.2, -0.15) is 0 Å². The van der Waals surface area contributed by atoms with Crippen LogP contribution in [0.4, 0.5) is 0 Å². The van der Waals surface area contributed by atoms with Crippen molar-refractivity contribution < 1.29 is 4.79 Å². The fourth-order valence-corrected chi connectivity index (χ4v) is 1.86. The second-order valence-corrected chi connectivity index (χ2v) is 5.58. The molecule has 0 aliphatic heterocycles. The normalized spacial score (nSPS) is 11.3. The Hall–Kier alpha value is -1.35. The average Bonchev–Trinajstić information content (AvgIpc) is 2.30. The number of carbonyl (C=O) groups excluding carboxylic acids is 1. The van der Waals surface area contributed by atoms with Crippen LogP contribution in [-0.2, 0) is 11.2 Å². The van der Waals surface area contributed by atoms with Gasteiger partial charge in [0.05, 0.1) is 6.42 Å². The first kappa shape index (κ1) is 14.7. The van der Waals surface area contributed by atoms with Crippen LogP contribution >= 0.6 is 0 Å². The van der Waals surface area contributed by atoms with E-state index in [9.17, 15) is 4.79 Å². The van der Waals surface area contributed by atoms with Crippen LogP contribution in [0.5, 0.6) is 0 Å². The number of aryl methyl sites for hydroxylation is 1. The third-order valence-corrected chi connectivity index (χ3v) is 3.20. The molecule has 0 spiro atoms. The third-order valence-electron chi connectivity index (χ3n) is 3.20. The molecule has 0 unspecified atom stereocenters. The molecule has 1 amide bonds. The molecule has 0 aromatic heterocycles. The van der Waals surface area contributed by atoms with E-state index in [1.807, 2.05) is 31.2 Å². The Morgan fingerprint density at radius 2 is 2.00 bits per heavy atom. The van der Waals surface area contributed by atoms with Gasteiger partial charge in [-0.25, -0.2) is 0 Å². The zero-order valence-electron chi connectivity index (χ0n) is 11.6. The molecule has 3 nitrogen and oxygen atoms in total. The van der Waals surface area contributed by atoms with E-state index in [2.05, 4.69) is 19.2 Å². The van der Waals surface area contributed by atoms with Crippen molar-refractivity contribution in [1.82, 2.24) is 5.32 Å². The molecule has 1 aromatic rings. The zero-order valence-corrected chi connectivity index (χ0v) is 11.6. The molecule has 0 heterocycles. The molecule has 0 fully saturated rings. The minimum absolute atomic E-state index is 0.0656. The zero-order chi connectivity index (χ0) is 13.6. The predicted octanol–water partition coefficient (Wildman–Crippen LogP) is 2.03. The average molecular weight is 248 g/mol. The standard InChI is InChI=1S/C15H24N2O/c1-12-6-4-5-7-13(12)10-14(18)17-11-15(2,3)8-9-16/h4-7H,8-11,16H2,1-3H3,(H,17,18). The van der Waals surface area contributed by atoms with Crippen LogP contribution in [0.3, 0.4) is 0 Å². The summed E-state index contributed by atoms with van der Waals surface area (Å²) >= 11 is 0. The van der Waals surface area contributed by atoms with Gasteiger partial charge in [-0.1, -0.05) is 38.1 Å². The summed E-state index contributed by atoms with van der Waals surface area (Å²) in [6.45, 7) is 7.60.